The maximum Gasteiger partial charge on any atom is 0.346 e. The highest BCUT2D eigenvalue weighted by Crippen LogP contribution is 2.39. The van der Waals surface area contributed by atoms with Gasteiger partial charge in [0.1, 0.15) is 0 Å². The minimum absolute atomic E-state index is 0.196. The molecule has 6 nitrogen and oxygen atoms in total. The van der Waals surface area contributed by atoms with Crippen LogP contribution in [0.25, 0.3) is 0 Å². The van der Waals surface area contributed by atoms with Gasteiger partial charge in [-0.2, -0.15) is 11.8 Å². The first kappa shape index (κ1) is 14.2. The fourth-order valence-electron chi connectivity index (χ4n) is 2.53. The second-order valence-electron chi connectivity index (χ2n) is 5.07. The average molecular weight is 284 g/mol. The lowest BCUT2D eigenvalue weighted by atomic mass is 10.1. The van der Waals surface area contributed by atoms with Gasteiger partial charge in [-0.05, 0) is 19.1 Å². The van der Waals surface area contributed by atoms with Gasteiger partial charge in [0, 0.05) is 25.4 Å². The molecule has 0 bridgehead atoms. The van der Waals surface area contributed by atoms with Gasteiger partial charge in [-0.1, -0.05) is 12.8 Å². The molecule has 7 heteroatoms. The Hall–Kier alpha value is -1.24. The van der Waals surface area contributed by atoms with E-state index in [1.54, 1.807) is 7.05 Å². The van der Waals surface area contributed by atoms with Gasteiger partial charge in [0.2, 0.25) is 5.82 Å². The summed E-state index contributed by atoms with van der Waals surface area (Å²) in [6.07, 6.45) is 6.90. The molecule has 0 aromatic carbocycles. The van der Waals surface area contributed by atoms with Crippen molar-refractivity contribution in [2.24, 2.45) is 14.1 Å². The van der Waals surface area contributed by atoms with Gasteiger partial charge in [0.25, 0.3) is 5.56 Å². The highest BCUT2D eigenvalue weighted by atomic mass is 32.2. The molecule has 0 saturated heterocycles. The number of hydrogen-bond donors (Lipinski definition) is 1. The molecule has 1 N–H and O–H groups in total. The number of rotatable bonds is 4. The Balaban J connectivity index is 2.21. The van der Waals surface area contributed by atoms with Crippen molar-refractivity contribution in [2.75, 3.05) is 18.1 Å². The van der Waals surface area contributed by atoms with Crippen LogP contribution in [0.1, 0.15) is 25.7 Å². The predicted molar refractivity (Wildman–Crippen MR) is 77.9 cm³/mol. The van der Waals surface area contributed by atoms with Gasteiger partial charge in [-0.25, -0.2) is 9.48 Å². The van der Waals surface area contributed by atoms with E-state index in [2.05, 4.69) is 16.7 Å². The van der Waals surface area contributed by atoms with Crippen LogP contribution in [0.15, 0.2) is 9.59 Å². The number of anilines is 1. The molecule has 1 fully saturated rings. The Kier molecular flexibility index (Phi) is 4.03. The van der Waals surface area contributed by atoms with E-state index in [1.165, 1.54) is 24.6 Å². The molecule has 0 unspecified atom stereocenters. The van der Waals surface area contributed by atoms with E-state index in [1.807, 2.05) is 11.8 Å². The lowest BCUT2D eigenvalue weighted by Crippen LogP contribution is -2.41. The van der Waals surface area contributed by atoms with Crippen molar-refractivity contribution in [1.82, 2.24) is 14.3 Å². The first-order chi connectivity index (χ1) is 8.99. The zero-order chi connectivity index (χ0) is 14.0. The van der Waals surface area contributed by atoms with Gasteiger partial charge in [-0.3, -0.25) is 9.36 Å². The van der Waals surface area contributed by atoms with Crippen LogP contribution in [-0.2, 0) is 14.1 Å². The largest absolute Gasteiger partial charge is 0.363 e. The molecule has 2 rings (SSSR count). The van der Waals surface area contributed by atoms with Crippen LogP contribution in [0, 0.1) is 0 Å². The van der Waals surface area contributed by atoms with Crippen molar-refractivity contribution in [3.05, 3.63) is 20.8 Å². The molecular formula is C12H20N4O2S. The molecule has 0 spiro atoms. The van der Waals surface area contributed by atoms with Crippen molar-refractivity contribution in [3.8, 4) is 0 Å². The van der Waals surface area contributed by atoms with Crippen LogP contribution in [0.4, 0.5) is 5.82 Å². The number of nitrogens with one attached hydrogen (secondary N) is 1. The molecule has 1 saturated carbocycles. The molecule has 0 atom stereocenters. The first-order valence-electron chi connectivity index (χ1n) is 6.42. The van der Waals surface area contributed by atoms with Crippen molar-refractivity contribution in [2.45, 2.75) is 30.4 Å². The summed E-state index contributed by atoms with van der Waals surface area (Å²) in [7, 11) is 3.02. The summed E-state index contributed by atoms with van der Waals surface area (Å²) in [5.41, 5.74) is -0.770. The van der Waals surface area contributed by atoms with E-state index in [9.17, 15) is 9.59 Å². The molecule has 19 heavy (non-hydrogen) atoms. The molecule has 1 aromatic heterocycles. The lowest BCUT2D eigenvalue weighted by molar-refractivity contribution is 0.593. The van der Waals surface area contributed by atoms with Gasteiger partial charge in [0.15, 0.2) is 0 Å². The van der Waals surface area contributed by atoms with Crippen LogP contribution in [-0.4, -0.2) is 31.9 Å². The number of nitrogens with zero attached hydrogens (tertiary/aromatic N) is 3. The van der Waals surface area contributed by atoms with Gasteiger partial charge in [-0.15, -0.1) is 5.10 Å². The zero-order valence-electron chi connectivity index (χ0n) is 11.6. The highest BCUT2D eigenvalue weighted by molar-refractivity contribution is 8.00. The number of hydrogen-bond acceptors (Lipinski definition) is 5. The van der Waals surface area contributed by atoms with E-state index >= 15 is 0 Å². The molecule has 0 radical (unpaired) electrons. The van der Waals surface area contributed by atoms with E-state index in [4.69, 9.17) is 0 Å². The van der Waals surface area contributed by atoms with Crippen LogP contribution < -0.4 is 16.6 Å². The zero-order valence-corrected chi connectivity index (χ0v) is 12.4. The highest BCUT2D eigenvalue weighted by Gasteiger charge is 2.33. The molecule has 106 valence electrons. The van der Waals surface area contributed by atoms with Crippen LogP contribution >= 0.6 is 11.8 Å². The van der Waals surface area contributed by atoms with E-state index in [0.717, 1.165) is 17.4 Å². The minimum Gasteiger partial charge on any atom is -0.363 e. The normalized spacial score (nSPS) is 17.6. The summed E-state index contributed by atoms with van der Waals surface area (Å²) in [4.78, 5) is 23.5. The summed E-state index contributed by atoms with van der Waals surface area (Å²) in [5.74, 6) is 0.255. The summed E-state index contributed by atoms with van der Waals surface area (Å²) in [6, 6.07) is 0. The minimum atomic E-state index is -0.406. The topological polar surface area (TPSA) is 68.9 Å². The van der Waals surface area contributed by atoms with Crippen molar-refractivity contribution in [3.63, 3.8) is 0 Å². The Morgan fingerprint density at radius 1 is 1.32 bits per heavy atom. The molecular weight excluding hydrogens is 264 g/mol. The van der Waals surface area contributed by atoms with Gasteiger partial charge < -0.3 is 5.32 Å². The number of thioether (sulfide) groups is 1. The number of aryl methyl sites for hydroxylation is 1. The summed E-state index contributed by atoms with van der Waals surface area (Å²) in [6.45, 7) is 0.717. The predicted octanol–water partition coefficient (Wildman–Crippen LogP) is 0.567. The standard InChI is InChI=1S/C12H20N4O2S/c1-15-10(17)9(14-16(2)11(15)18)13-8-12(19-3)6-4-5-7-12/h4-8H2,1-3H3,(H,13,14). The summed E-state index contributed by atoms with van der Waals surface area (Å²) < 4.78 is 2.46. The maximum atomic E-state index is 12.0. The van der Waals surface area contributed by atoms with Crippen LogP contribution in [0.5, 0.6) is 0 Å². The first-order valence-corrected chi connectivity index (χ1v) is 7.65. The molecule has 1 aliphatic carbocycles. The third-order valence-corrected chi connectivity index (χ3v) is 5.27. The molecule has 0 aliphatic heterocycles. The SMILES string of the molecule is CSC1(CNc2nn(C)c(=O)n(C)c2=O)CCCC1. The van der Waals surface area contributed by atoms with E-state index in [-0.39, 0.29) is 16.1 Å². The van der Waals surface area contributed by atoms with Crippen molar-refractivity contribution >= 4 is 17.6 Å². The molecule has 1 aliphatic rings. The van der Waals surface area contributed by atoms with E-state index < -0.39 is 5.69 Å². The quantitative estimate of drug-likeness (QED) is 0.875. The van der Waals surface area contributed by atoms with Gasteiger partial charge >= 0.3 is 5.69 Å². The monoisotopic (exact) mass is 284 g/mol. The van der Waals surface area contributed by atoms with Crippen molar-refractivity contribution < 1.29 is 0 Å². The Labute approximate surface area is 116 Å². The van der Waals surface area contributed by atoms with Gasteiger partial charge in [0.05, 0.1) is 0 Å². The number of aromatic nitrogens is 3. The van der Waals surface area contributed by atoms with E-state index in [0.29, 0.717) is 6.54 Å². The maximum absolute atomic E-state index is 12.0. The summed E-state index contributed by atoms with van der Waals surface area (Å²) >= 11 is 1.85. The van der Waals surface area contributed by atoms with Crippen LogP contribution in [0.2, 0.25) is 0 Å². The fourth-order valence-corrected chi connectivity index (χ4v) is 3.44. The lowest BCUT2D eigenvalue weighted by Gasteiger charge is -2.27. The third kappa shape index (κ3) is 2.70. The average Bonchev–Trinajstić information content (AvgIpc) is 2.88. The Bertz CT molecular complexity index is 572. The smallest absolute Gasteiger partial charge is 0.346 e. The molecule has 1 aromatic rings. The third-order valence-electron chi connectivity index (χ3n) is 3.85. The second kappa shape index (κ2) is 5.40. The summed E-state index contributed by atoms with van der Waals surface area (Å²) in [5, 5.41) is 7.14. The molecule has 1 heterocycles. The Morgan fingerprint density at radius 3 is 2.53 bits per heavy atom. The second-order valence-corrected chi connectivity index (χ2v) is 6.34. The fraction of sp³-hybridized carbons (Fsp3) is 0.750. The molecule has 0 amide bonds. The van der Waals surface area contributed by atoms with Crippen molar-refractivity contribution in [1.29, 1.82) is 0 Å². The Morgan fingerprint density at radius 2 is 1.95 bits per heavy atom. The van der Waals surface area contributed by atoms with Crippen LogP contribution in [0.3, 0.4) is 0 Å².